The molecule has 1 N–H and O–H groups in total. The molecule has 1 fully saturated rings. The Bertz CT molecular complexity index is 1150. The van der Waals surface area contributed by atoms with Crippen molar-refractivity contribution < 1.29 is 4.79 Å². The molecule has 2 aliphatic rings. The van der Waals surface area contributed by atoms with Gasteiger partial charge in [0.25, 0.3) is 0 Å². The van der Waals surface area contributed by atoms with Crippen LogP contribution in [-0.2, 0) is 23.2 Å². The van der Waals surface area contributed by atoms with E-state index in [0.29, 0.717) is 11.4 Å². The fraction of sp³-hybridized carbons (Fsp3) is 0.406. The van der Waals surface area contributed by atoms with E-state index in [-0.39, 0.29) is 5.78 Å². The highest BCUT2D eigenvalue weighted by atomic mass is 35.5. The van der Waals surface area contributed by atoms with Gasteiger partial charge in [-0.05, 0) is 94.7 Å². The lowest BCUT2D eigenvalue weighted by molar-refractivity contribution is -0.127. The Labute approximate surface area is 227 Å². The minimum atomic E-state index is -0.559. The largest absolute Gasteiger partial charge is 0.341 e. The van der Waals surface area contributed by atoms with E-state index in [1.807, 2.05) is 31.3 Å². The summed E-state index contributed by atoms with van der Waals surface area (Å²) in [4.78, 5) is 17.0. The topological polar surface area (TPSA) is 35.6 Å². The first-order valence-corrected chi connectivity index (χ1v) is 13.9. The fourth-order valence-electron chi connectivity index (χ4n) is 5.68. The van der Waals surface area contributed by atoms with Gasteiger partial charge in [-0.15, -0.1) is 0 Å². The molecular formula is C32H40ClN3O. The maximum atomic E-state index is 12.2. The zero-order valence-electron chi connectivity index (χ0n) is 22.5. The van der Waals surface area contributed by atoms with Crippen molar-refractivity contribution >= 4 is 28.8 Å². The van der Waals surface area contributed by atoms with Crippen molar-refractivity contribution in [2.45, 2.75) is 50.5 Å². The van der Waals surface area contributed by atoms with E-state index < -0.39 is 5.54 Å². The second kappa shape index (κ2) is 12.7. The second-order valence-electron chi connectivity index (χ2n) is 10.3. The van der Waals surface area contributed by atoms with Crippen LogP contribution in [0.4, 0.5) is 11.4 Å². The maximum Gasteiger partial charge on any atom is 0.157 e. The van der Waals surface area contributed by atoms with E-state index in [0.717, 1.165) is 50.8 Å². The van der Waals surface area contributed by atoms with Gasteiger partial charge in [0.15, 0.2) is 5.78 Å². The normalized spacial score (nSPS) is 18.9. The Balaban J connectivity index is 0.000000180. The highest BCUT2D eigenvalue weighted by Crippen LogP contribution is 2.38. The number of hydrogen-bond donors (Lipinski definition) is 1. The zero-order valence-corrected chi connectivity index (χ0v) is 23.2. The molecule has 3 aromatic carbocycles. The summed E-state index contributed by atoms with van der Waals surface area (Å²) in [6.07, 6.45) is 6.99. The van der Waals surface area contributed by atoms with E-state index in [4.69, 9.17) is 11.6 Å². The molecule has 1 saturated carbocycles. The summed E-state index contributed by atoms with van der Waals surface area (Å²) in [5.41, 5.74) is 6.08. The third-order valence-electron chi connectivity index (χ3n) is 7.66. The molecule has 3 aromatic rings. The van der Waals surface area contributed by atoms with Gasteiger partial charge in [0, 0.05) is 29.4 Å². The number of ketones is 1. The monoisotopic (exact) mass is 517 g/mol. The molecule has 1 aliphatic carbocycles. The number of aryl methyl sites for hydroxylation is 2. The number of Topliss-reactive ketones (excluding diaryl/α,β-unsaturated/α-hetero) is 1. The Hall–Kier alpha value is -2.66. The van der Waals surface area contributed by atoms with Crippen LogP contribution in [0.2, 0.25) is 5.02 Å². The predicted molar refractivity (Wildman–Crippen MR) is 156 cm³/mol. The zero-order chi connectivity index (χ0) is 26.3. The molecule has 5 rings (SSSR count). The van der Waals surface area contributed by atoms with Gasteiger partial charge in [0.2, 0.25) is 0 Å². The third kappa shape index (κ3) is 6.26. The number of benzene rings is 3. The Morgan fingerprint density at radius 2 is 1.46 bits per heavy atom. The summed E-state index contributed by atoms with van der Waals surface area (Å²) in [5, 5.41) is 3.86. The fourth-order valence-corrected chi connectivity index (χ4v) is 5.97. The van der Waals surface area contributed by atoms with Crippen LogP contribution >= 0.6 is 11.6 Å². The molecule has 0 bridgehead atoms. The van der Waals surface area contributed by atoms with Gasteiger partial charge in [0.05, 0.1) is 0 Å². The molecule has 0 spiro atoms. The Morgan fingerprint density at radius 1 is 0.865 bits per heavy atom. The minimum Gasteiger partial charge on any atom is -0.341 e. The number of halogens is 1. The lowest BCUT2D eigenvalue weighted by Gasteiger charge is -2.36. The van der Waals surface area contributed by atoms with Gasteiger partial charge >= 0.3 is 0 Å². The Kier molecular flexibility index (Phi) is 9.42. The van der Waals surface area contributed by atoms with E-state index in [9.17, 15) is 4.79 Å². The minimum absolute atomic E-state index is 0.259. The van der Waals surface area contributed by atoms with Gasteiger partial charge in [-0.1, -0.05) is 72.6 Å². The van der Waals surface area contributed by atoms with Gasteiger partial charge in [-0.25, -0.2) is 0 Å². The number of nitrogens with one attached hydrogen (secondary N) is 1. The van der Waals surface area contributed by atoms with Crippen molar-refractivity contribution in [3.8, 4) is 0 Å². The summed E-state index contributed by atoms with van der Waals surface area (Å²) in [5.74, 6) is 0.259. The number of carbonyl (C=O) groups excluding carboxylic acids is 1. The summed E-state index contributed by atoms with van der Waals surface area (Å²) in [6, 6.07) is 25.3. The van der Waals surface area contributed by atoms with Crippen molar-refractivity contribution in [3.05, 3.63) is 94.5 Å². The first kappa shape index (κ1) is 27.4. The number of anilines is 2. The number of nitrogens with zero attached hydrogens (tertiary/aromatic N) is 2. The van der Waals surface area contributed by atoms with Gasteiger partial charge < -0.3 is 15.1 Å². The van der Waals surface area contributed by atoms with Crippen molar-refractivity contribution in [1.29, 1.82) is 0 Å². The molecule has 37 heavy (non-hydrogen) atoms. The average Bonchev–Trinajstić information content (AvgIpc) is 3.07. The van der Waals surface area contributed by atoms with Crippen LogP contribution < -0.4 is 10.2 Å². The van der Waals surface area contributed by atoms with Crippen molar-refractivity contribution in [3.63, 3.8) is 0 Å². The number of likely N-dealkylation sites (N-methyl/N-ethyl adjacent to an activating group) is 1. The average molecular weight is 518 g/mol. The lowest BCUT2D eigenvalue weighted by atomic mass is 9.75. The summed E-state index contributed by atoms with van der Waals surface area (Å²) < 4.78 is 0. The SMILES string of the molecule is CN(C)CCCN1c2ccccc2CCc2ccccc21.CN[C@]1(c2ccccc2Cl)CCCCC1=O. The molecular weight excluding hydrogens is 478 g/mol. The van der Waals surface area contributed by atoms with Crippen LogP contribution in [0, 0.1) is 0 Å². The number of hydrogen-bond acceptors (Lipinski definition) is 4. The third-order valence-corrected chi connectivity index (χ3v) is 7.99. The summed E-state index contributed by atoms with van der Waals surface area (Å²) >= 11 is 6.20. The van der Waals surface area contributed by atoms with E-state index in [1.54, 1.807) is 0 Å². The molecule has 1 heterocycles. The molecule has 0 unspecified atom stereocenters. The summed E-state index contributed by atoms with van der Waals surface area (Å²) in [6.45, 7) is 2.20. The van der Waals surface area contributed by atoms with Crippen LogP contribution in [0.1, 0.15) is 48.8 Å². The van der Waals surface area contributed by atoms with Crippen LogP contribution in [0.15, 0.2) is 72.8 Å². The maximum absolute atomic E-state index is 12.2. The molecule has 0 radical (unpaired) electrons. The van der Waals surface area contributed by atoms with Crippen molar-refractivity contribution in [1.82, 2.24) is 10.2 Å². The standard InChI is InChI=1S/C19H24N2.C13H16ClNO/c1-20(2)14-7-15-21-18-10-5-3-8-16(18)12-13-17-9-4-6-11-19(17)21;1-15-13(9-5-4-8-12(13)16)10-6-2-3-7-11(10)14/h3-6,8-11H,7,12-15H2,1-2H3;2-3,6-7,15H,4-5,8-9H2,1H3/t;13-/m.0/s1. The molecule has 4 nitrogen and oxygen atoms in total. The predicted octanol–water partition coefficient (Wildman–Crippen LogP) is 6.77. The molecule has 196 valence electrons. The van der Waals surface area contributed by atoms with E-state index in [2.05, 4.69) is 77.7 Å². The summed E-state index contributed by atoms with van der Waals surface area (Å²) in [7, 11) is 6.13. The first-order chi connectivity index (χ1) is 18.0. The lowest BCUT2D eigenvalue weighted by Crippen LogP contribution is -2.49. The van der Waals surface area contributed by atoms with Gasteiger partial charge in [-0.3, -0.25) is 4.79 Å². The van der Waals surface area contributed by atoms with Gasteiger partial charge in [-0.2, -0.15) is 0 Å². The second-order valence-corrected chi connectivity index (χ2v) is 10.7. The quantitative estimate of drug-likeness (QED) is 0.391. The molecule has 0 saturated heterocycles. The molecule has 0 amide bonds. The van der Waals surface area contributed by atoms with Crippen molar-refractivity contribution in [2.75, 3.05) is 39.1 Å². The van der Waals surface area contributed by atoms with Crippen LogP contribution in [-0.4, -0.2) is 44.9 Å². The Morgan fingerprint density at radius 3 is 2.03 bits per heavy atom. The molecule has 0 aromatic heterocycles. The molecule has 1 aliphatic heterocycles. The molecule has 5 heteroatoms. The van der Waals surface area contributed by atoms with Crippen LogP contribution in [0.25, 0.3) is 0 Å². The van der Waals surface area contributed by atoms with Crippen molar-refractivity contribution in [2.24, 2.45) is 0 Å². The molecule has 1 atom stereocenters. The smallest absolute Gasteiger partial charge is 0.157 e. The number of carbonyl (C=O) groups is 1. The van der Waals surface area contributed by atoms with E-state index >= 15 is 0 Å². The van der Waals surface area contributed by atoms with Crippen LogP contribution in [0.5, 0.6) is 0 Å². The van der Waals surface area contributed by atoms with Gasteiger partial charge in [0.1, 0.15) is 5.54 Å². The number of rotatable bonds is 6. The highest BCUT2D eigenvalue weighted by Gasteiger charge is 2.41. The number of para-hydroxylation sites is 2. The van der Waals surface area contributed by atoms with Crippen LogP contribution in [0.3, 0.4) is 0 Å². The van der Waals surface area contributed by atoms with E-state index in [1.165, 1.54) is 28.9 Å². The highest BCUT2D eigenvalue weighted by molar-refractivity contribution is 6.31. The first-order valence-electron chi connectivity index (χ1n) is 13.5. The number of fused-ring (bicyclic) bond motifs is 2.